The van der Waals surface area contributed by atoms with Crippen molar-refractivity contribution in [2.45, 2.75) is 38.8 Å². The van der Waals surface area contributed by atoms with Crippen molar-refractivity contribution in [2.24, 2.45) is 0 Å². The molecule has 0 saturated heterocycles. The number of hydrogen-bond acceptors (Lipinski definition) is 4. The van der Waals surface area contributed by atoms with Crippen LogP contribution in [-0.2, 0) is 20.7 Å². The smallest absolute Gasteiger partial charge is 0.408 e. The van der Waals surface area contributed by atoms with Crippen molar-refractivity contribution in [3.8, 4) is 0 Å². The summed E-state index contributed by atoms with van der Waals surface area (Å²) in [5, 5.41) is 2.75. The first kappa shape index (κ1) is 19.2. The molecular formula is C17H22BrNO4. The molecule has 0 fully saturated rings. The molecule has 1 amide bonds. The Morgan fingerprint density at radius 2 is 1.87 bits per heavy atom. The fourth-order valence-electron chi connectivity index (χ4n) is 1.76. The molecule has 5 nitrogen and oxygen atoms in total. The third-order valence-electron chi connectivity index (χ3n) is 2.74. The quantitative estimate of drug-likeness (QED) is 0.622. The number of hydrogen-bond donors (Lipinski definition) is 1. The molecule has 1 aromatic carbocycles. The summed E-state index contributed by atoms with van der Waals surface area (Å²) < 4.78 is 10.8. The van der Waals surface area contributed by atoms with Gasteiger partial charge in [-0.1, -0.05) is 34.1 Å². The van der Waals surface area contributed by atoms with Gasteiger partial charge in [0.15, 0.2) is 0 Å². The van der Waals surface area contributed by atoms with Crippen LogP contribution in [0.25, 0.3) is 0 Å². The van der Waals surface area contributed by atoms with Crippen LogP contribution in [-0.4, -0.2) is 30.8 Å². The summed E-state index contributed by atoms with van der Waals surface area (Å²) in [4.78, 5) is 23.2. The van der Waals surface area contributed by atoms with Crippen molar-refractivity contribution >= 4 is 28.0 Å². The maximum absolute atomic E-state index is 11.9. The Morgan fingerprint density at radius 1 is 1.26 bits per heavy atom. The van der Waals surface area contributed by atoms with E-state index in [2.05, 4.69) is 26.0 Å². The second-order valence-electron chi connectivity index (χ2n) is 5.97. The number of amides is 1. The molecule has 1 atom stereocenters. The van der Waals surface area contributed by atoms with Gasteiger partial charge < -0.3 is 14.8 Å². The number of carbonyl (C=O) groups is 2. The Labute approximate surface area is 145 Å². The number of carbonyl (C=O) groups excluding carboxylic acids is 2. The number of halogens is 1. The topological polar surface area (TPSA) is 64.6 Å². The van der Waals surface area contributed by atoms with Gasteiger partial charge in [0.05, 0.1) is 13.2 Å². The third-order valence-corrected chi connectivity index (χ3v) is 3.27. The summed E-state index contributed by atoms with van der Waals surface area (Å²) in [6, 6.07) is 7.35. The predicted octanol–water partition coefficient (Wildman–Crippen LogP) is 3.61. The van der Waals surface area contributed by atoms with Gasteiger partial charge in [0.1, 0.15) is 5.60 Å². The molecule has 0 bridgehead atoms. The van der Waals surface area contributed by atoms with Gasteiger partial charge in [-0.05, 0) is 44.9 Å². The first-order valence-corrected chi connectivity index (χ1v) is 7.99. The van der Waals surface area contributed by atoms with Gasteiger partial charge in [-0.15, -0.1) is 0 Å². The highest BCUT2D eigenvalue weighted by Gasteiger charge is 2.18. The van der Waals surface area contributed by atoms with E-state index in [1.165, 1.54) is 13.2 Å². The zero-order valence-corrected chi connectivity index (χ0v) is 15.3. The molecule has 0 aliphatic rings. The molecule has 0 saturated carbocycles. The molecule has 0 spiro atoms. The maximum Gasteiger partial charge on any atom is 0.408 e. The summed E-state index contributed by atoms with van der Waals surface area (Å²) >= 11 is 3.38. The van der Waals surface area contributed by atoms with Crippen LogP contribution < -0.4 is 5.32 Å². The Hall–Kier alpha value is -1.82. The van der Waals surface area contributed by atoms with E-state index in [0.717, 1.165) is 10.0 Å². The van der Waals surface area contributed by atoms with Gasteiger partial charge in [0.2, 0.25) is 0 Å². The SMILES string of the molecule is COC(=O)/C=C/C(Cc1ccc(Br)cc1)NC(=O)OC(C)(C)C. The average molecular weight is 384 g/mol. The molecule has 0 heterocycles. The number of nitrogens with one attached hydrogen (secondary N) is 1. The van der Waals surface area contributed by atoms with Crippen molar-refractivity contribution in [3.63, 3.8) is 0 Å². The molecule has 23 heavy (non-hydrogen) atoms. The van der Waals surface area contributed by atoms with Gasteiger partial charge >= 0.3 is 12.1 Å². The number of methoxy groups -OCH3 is 1. The molecule has 1 aromatic rings. The number of alkyl carbamates (subject to hydrolysis) is 1. The summed E-state index contributed by atoms with van der Waals surface area (Å²) in [5.74, 6) is -0.475. The van der Waals surface area contributed by atoms with Crippen LogP contribution in [0, 0.1) is 0 Å². The third kappa shape index (κ3) is 8.40. The summed E-state index contributed by atoms with van der Waals surface area (Å²) in [7, 11) is 1.30. The lowest BCUT2D eigenvalue weighted by Crippen LogP contribution is -2.39. The van der Waals surface area contributed by atoms with E-state index >= 15 is 0 Å². The normalized spacial score (nSPS) is 12.7. The Kier molecular flexibility index (Phi) is 7.29. The molecular weight excluding hydrogens is 362 g/mol. The Balaban J connectivity index is 2.80. The van der Waals surface area contributed by atoms with Gasteiger partial charge in [-0.3, -0.25) is 0 Å². The minimum absolute atomic E-state index is 0.384. The molecule has 1 unspecified atom stereocenters. The van der Waals surface area contributed by atoms with E-state index in [-0.39, 0.29) is 6.04 Å². The standard InChI is InChI=1S/C17H22BrNO4/c1-17(2,3)23-16(21)19-14(9-10-15(20)22-4)11-12-5-7-13(18)8-6-12/h5-10,14H,11H2,1-4H3,(H,19,21)/b10-9+. The number of ether oxygens (including phenoxy) is 2. The Bertz CT molecular complexity index is 561. The first-order chi connectivity index (χ1) is 10.7. The molecule has 0 aromatic heterocycles. The van der Waals surface area contributed by atoms with Crippen molar-refractivity contribution < 1.29 is 19.1 Å². The highest BCUT2D eigenvalue weighted by Crippen LogP contribution is 2.13. The average Bonchev–Trinajstić information content (AvgIpc) is 2.44. The molecule has 0 aliphatic carbocycles. The Morgan fingerprint density at radius 3 is 2.39 bits per heavy atom. The van der Waals surface area contributed by atoms with E-state index in [4.69, 9.17) is 4.74 Å². The lowest BCUT2D eigenvalue weighted by Gasteiger charge is -2.22. The van der Waals surface area contributed by atoms with Crippen LogP contribution in [0.3, 0.4) is 0 Å². The largest absolute Gasteiger partial charge is 0.466 e. The van der Waals surface area contributed by atoms with Crippen molar-refractivity contribution in [1.29, 1.82) is 0 Å². The zero-order chi connectivity index (χ0) is 17.5. The molecule has 126 valence electrons. The van der Waals surface area contributed by atoms with Crippen LogP contribution in [0.4, 0.5) is 4.79 Å². The van der Waals surface area contributed by atoms with Gasteiger partial charge in [-0.25, -0.2) is 9.59 Å². The monoisotopic (exact) mass is 383 g/mol. The highest BCUT2D eigenvalue weighted by molar-refractivity contribution is 9.10. The van der Waals surface area contributed by atoms with Gasteiger partial charge in [-0.2, -0.15) is 0 Å². The van der Waals surface area contributed by atoms with Crippen LogP contribution in [0.2, 0.25) is 0 Å². The fourth-order valence-corrected chi connectivity index (χ4v) is 2.03. The van der Waals surface area contributed by atoms with E-state index < -0.39 is 17.7 Å². The number of benzene rings is 1. The fraction of sp³-hybridized carbons (Fsp3) is 0.412. The lowest BCUT2D eigenvalue weighted by molar-refractivity contribution is -0.134. The molecule has 0 aliphatic heterocycles. The second kappa shape index (κ2) is 8.72. The van der Waals surface area contributed by atoms with Crippen molar-refractivity contribution in [3.05, 3.63) is 46.5 Å². The van der Waals surface area contributed by atoms with E-state index in [9.17, 15) is 9.59 Å². The number of esters is 1. The molecule has 6 heteroatoms. The van der Waals surface area contributed by atoms with Crippen LogP contribution in [0.15, 0.2) is 40.9 Å². The lowest BCUT2D eigenvalue weighted by atomic mass is 10.1. The predicted molar refractivity (Wildman–Crippen MR) is 92.2 cm³/mol. The zero-order valence-electron chi connectivity index (χ0n) is 13.8. The van der Waals surface area contributed by atoms with Crippen LogP contribution in [0.5, 0.6) is 0 Å². The van der Waals surface area contributed by atoms with Crippen molar-refractivity contribution in [2.75, 3.05) is 7.11 Å². The summed E-state index contributed by atoms with van der Waals surface area (Å²) in [6.07, 6.45) is 2.88. The number of rotatable bonds is 5. The summed E-state index contributed by atoms with van der Waals surface area (Å²) in [6.45, 7) is 5.38. The minimum atomic E-state index is -0.585. The second-order valence-corrected chi connectivity index (χ2v) is 6.88. The van der Waals surface area contributed by atoms with Crippen LogP contribution >= 0.6 is 15.9 Å². The molecule has 1 N–H and O–H groups in total. The summed E-state index contributed by atoms with van der Waals surface area (Å²) in [5.41, 5.74) is 0.432. The first-order valence-electron chi connectivity index (χ1n) is 7.20. The maximum atomic E-state index is 11.9. The van der Waals surface area contributed by atoms with Crippen LogP contribution in [0.1, 0.15) is 26.3 Å². The highest BCUT2D eigenvalue weighted by atomic mass is 79.9. The van der Waals surface area contributed by atoms with Gasteiger partial charge in [0, 0.05) is 10.5 Å². The van der Waals surface area contributed by atoms with E-state index in [1.54, 1.807) is 26.8 Å². The van der Waals surface area contributed by atoms with Gasteiger partial charge in [0.25, 0.3) is 0 Å². The molecule has 1 rings (SSSR count). The van der Waals surface area contributed by atoms with E-state index in [0.29, 0.717) is 6.42 Å². The van der Waals surface area contributed by atoms with Crippen molar-refractivity contribution in [1.82, 2.24) is 5.32 Å². The van der Waals surface area contributed by atoms with E-state index in [1.807, 2.05) is 24.3 Å². The minimum Gasteiger partial charge on any atom is -0.466 e. The molecule has 0 radical (unpaired) electrons.